The van der Waals surface area contributed by atoms with E-state index in [2.05, 4.69) is 22.0 Å². The van der Waals surface area contributed by atoms with E-state index in [1.54, 1.807) is 7.11 Å². The van der Waals surface area contributed by atoms with E-state index in [4.69, 9.17) is 9.72 Å². The van der Waals surface area contributed by atoms with Gasteiger partial charge < -0.3 is 14.5 Å². The van der Waals surface area contributed by atoms with Gasteiger partial charge in [-0.1, -0.05) is 32.9 Å². The Kier molecular flexibility index (Phi) is 6.10. The van der Waals surface area contributed by atoms with Crippen LogP contribution in [0.5, 0.6) is 5.75 Å². The van der Waals surface area contributed by atoms with Crippen molar-refractivity contribution in [3.05, 3.63) is 46.9 Å². The Morgan fingerprint density at radius 3 is 2.41 bits per heavy atom. The molecule has 0 radical (unpaired) electrons. The molecule has 156 valence electrons. The van der Waals surface area contributed by atoms with Gasteiger partial charge in [0.15, 0.2) is 0 Å². The molecule has 0 bridgehead atoms. The molecular weight excluding hydrogens is 364 g/mol. The molecule has 0 atom stereocenters. The molecule has 29 heavy (non-hydrogen) atoms. The van der Waals surface area contributed by atoms with E-state index in [1.807, 2.05) is 51.7 Å². The number of rotatable bonds is 4. The first kappa shape index (κ1) is 21.1. The molecule has 3 rings (SSSR count). The summed E-state index contributed by atoms with van der Waals surface area (Å²) >= 11 is 0. The second kappa shape index (κ2) is 8.39. The second-order valence-corrected chi connectivity index (χ2v) is 8.72. The Hall–Kier alpha value is -2.63. The molecule has 0 spiro atoms. The van der Waals surface area contributed by atoms with Crippen LogP contribution in [0.25, 0.3) is 0 Å². The predicted octanol–water partition coefficient (Wildman–Crippen LogP) is 3.39. The number of amides is 1. The Balaban J connectivity index is 1.83. The molecular formula is C23H32N4O2. The zero-order chi connectivity index (χ0) is 21.2. The lowest BCUT2D eigenvalue weighted by Crippen LogP contribution is -2.52. The van der Waals surface area contributed by atoms with Gasteiger partial charge in [0.05, 0.1) is 7.11 Å². The van der Waals surface area contributed by atoms with Gasteiger partial charge in [-0.3, -0.25) is 4.79 Å². The lowest BCUT2D eigenvalue weighted by Gasteiger charge is -2.39. The number of carbonyl (C=O) groups excluding carboxylic acids is 1. The fourth-order valence-electron chi connectivity index (χ4n) is 3.77. The standard InChI is InChI=1S/C23H32N4O2/c1-16-20(15-18-8-7-9-19(14-18)29-6)21(25-17(2)24-16)26-10-12-27(13-11-26)22(28)23(3,4)5/h7-9,14H,10-13,15H2,1-6H3. The molecule has 2 aromatic rings. The minimum absolute atomic E-state index is 0.212. The first-order chi connectivity index (χ1) is 13.7. The van der Waals surface area contributed by atoms with Gasteiger partial charge in [0.25, 0.3) is 0 Å². The third kappa shape index (κ3) is 4.86. The average Bonchev–Trinajstić information content (AvgIpc) is 2.69. The summed E-state index contributed by atoms with van der Waals surface area (Å²) in [6, 6.07) is 8.12. The SMILES string of the molecule is COc1cccc(Cc2c(C)nc(C)nc2N2CCN(C(=O)C(C)(C)C)CC2)c1. The molecule has 1 aromatic carbocycles. The van der Waals surface area contributed by atoms with Crippen molar-refractivity contribution in [1.82, 2.24) is 14.9 Å². The van der Waals surface area contributed by atoms with E-state index in [0.717, 1.165) is 61.2 Å². The third-order valence-corrected chi connectivity index (χ3v) is 5.33. The zero-order valence-corrected chi connectivity index (χ0v) is 18.5. The first-order valence-corrected chi connectivity index (χ1v) is 10.2. The number of methoxy groups -OCH3 is 1. The summed E-state index contributed by atoms with van der Waals surface area (Å²) in [4.78, 5) is 26.3. The van der Waals surface area contributed by atoms with E-state index >= 15 is 0 Å². The lowest BCUT2D eigenvalue weighted by molar-refractivity contribution is -0.139. The number of benzene rings is 1. The summed E-state index contributed by atoms with van der Waals surface area (Å²) in [6.45, 7) is 12.9. The molecule has 6 heteroatoms. The fraction of sp³-hybridized carbons (Fsp3) is 0.522. The molecule has 0 N–H and O–H groups in total. The van der Waals surface area contributed by atoms with Crippen LogP contribution in [0.3, 0.4) is 0 Å². The number of aromatic nitrogens is 2. The van der Waals surface area contributed by atoms with Crippen molar-refractivity contribution in [1.29, 1.82) is 0 Å². The number of aryl methyl sites for hydroxylation is 2. The number of ether oxygens (including phenoxy) is 1. The van der Waals surface area contributed by atoms with Crippen LogP contribution < -0.4 is 9.64 Å². The maximum absolute atomic E-state index is 12.6. The molecule has 2 heterocycles. The Morgan fingerprint density at radius 1 is 1.10 bits per heavy atom. The largest absolute Gasteiger partial charge is 0.497 e. The number of hydrogen-bond acceptors (Lipinski definition) is 5. The van der Waals surface area contributed by atoms with Gasteiger partial charge in [0.2, 0.25) is 5.91 Å². The van der Waals surface area contributed by atoms with Crippen molar-refractivity contribution in [2.75, 3.05) is 38.2 Å². The molecule has 1 aromatic heterocycles. The van der Waals surface area contributed by atoms with E-state index in [-0.39, 0.29) is 11.3 Å². The van der Waals surface area contributed by atoms with Gasteiger partial charge in [-0.05, 0) is 31.5 Å². The maximum Gasteiger partial charge on any atom is 0.228 e. The van der Waals surface area contributed by atoms with E-state index in [1.165, 1.54) is 5.56 Å². The number of hydrogen-bond donors (Lipinski definition) is 0. The van der Waals surface area contributed by atoms with Crippen LogP contribution in [0.2, 0.25) is 0 Å². The molecule has 1 saturated heterocycles. The van der Waals surface area contributed by atoms with E-state index in [9.17, 15) is 4.79 Å². The second-order valence-electron chi connectivity index (χ2n) is 8.72. The van der Waals surface area contributed by atoms with Crippen molar-refractivity contribution in [3.8, 4) is 5.75 Å². The third-order valence-electron chi connectivity index (χ3n) is 5.33. The van der Waals surface area contributed by atoms with Crippen molar-refractivity contribution in [2.45, 2.75) is 41.0 Å². The summed E-state index contributed by atoms with van der Waals surface area (Å²) in [7, 11) is 1.68. The van der Waals surface area contributed by atoms with Crippen molar-refractivity contribution < 1.29 is 9.53 Å². The predicted molar refractivity (Wildman–Crippen MR) is 116 cm³/mol. The summed E-state index contributed by atoms with van der Waals surface area (Å²) in [5, 5.41) is 0. The fourth-order valence-corrected chi connectivity index (χ4v) is 3.77. The van der Waals surface area contributed by atoms with Crippen molar-refractivity contribution in [2.24, 2.45) is 5.41 Å². The highest BCUT2D eigenvalue weighted by Gasteiger charge is 2.30. The zero-order valence-electron chi connectivity index (χ0n) is 18.5. The van der Waals surface area contributed by atoms with Gasteiger partial charge in [-0.15, -0.1) is 0 Å². The molecule has 1 aliphatic heterocycles. The maximum atomic E-state index is 12.6. The van der Waals surface area contributed by atoms with Crippen molar-refractivity contribution in [3.63, 3.8) is 0 Å². The Morgan fingerprint density at radius 2 is 1.79 bits per heavy atom. The van der Waals surface area contributed by atoms with Gasteiger partial charge in [-0.2, -0.15) is 0 Å². The smallest absolute Gasteiger partial charge is 0.228 e. The lowest BCUT2D eigenvalue weighted by atomic mass is 9.94. The summed E-state index contributed by atoms with van der Waals surface area (Å²) in [5.41, 5.74) is 2.97. The number of piperazine rings is 1. The molecule has 0 saturated carbocycles. The highest BCUT2D eigenvalue weighted by Crippen LogP contribution is 2.27. The normalized spacial score (nSPS) is 14.8. The van der Waals surface area contributed by atoms with Crippen LogP contribution >= 0.6 is 0 Å². The number of anilines is 1. The summed E-state index contributed by atoms with van der Waals surface area (Å²) in [6.07, 6.45) is 0.750. The minimum atomic E-state index is -0.345. The van der Waals surface area contributed by atoms with E-state index < -0.39 is 0 Å². The molecule has 0 unspecified atom stereocenters. The molecule has 6 nitrogen and oxygen atoms in total. The van der Waals surface area contributed by atoms with Crippen molar-refractivity contribution >= 4 is 11.7 Å². The number of nitrogens with zero attached hydrogens (tertiary/aromatic N) is 4. The topological polar surface area (TPSA) is 58.6 Å². The quantitative estimate of drug-likeness (QED) is 0.793. The molecule has 1 amide bonds. The van der Waals surface area contributed by atoms with Crippen LogP contribution in [0, 0.1) is 19.3 Å². The van der Waals surface area contributed by atoms with Crippen LogP contribution in [-0.2, 0) is 11.2 Å². The molecule has 0 aliphatic carbocycles. The Labute approximate surface area is 173 Å². The molecule has 1 fully saturated rings. The average molecular weight is 397 g/mol. The Bertz CT molecular complexity index is 881. The monoisotopic (exact) mass is 396 g/mol. The first-order valence-electron chi connectivity index (χ1n) is 10.2. The van der Waals surface area contributed by atoms with Gasteiger partial charge in [0, 0.05) is 49.3 Å². The number of carbonyl (C=O) groups is 1. The van der Waals surface area contributed by atoms with Crippen LogP contribution in [0.15, 0.2) is 24.3 Å². The molecule has 1 aliphatic rings. The minimum Gasteiger partial charge on any atom is -0.497 e. The summed E-state index contributed by atoms with van der Waals surface area (Å²) < 4.78 is 5.37. The van der Waals surface area contributed by atoms with Gasteiger partial charge in [0.1, 0.15) is 17.4 Å². The highest BCUT2D eigenvalue weighted by molar-refractivity contribution is 5.81. The summed E-state index contributed by atoms with van der Waals surface area (Å²) in [5.74, 6) is 2.83. The van der Waals surface area contributed by atoms with Crippen LogP contribution in [0.4, 0.5) is 5.82 Å². The van der Waals surface area contributed by atoms with Crippen LogP contribution in [-0.4, -0.2) is 54.1 Å². The van der Waals surface area contributed by atoms with Gasteiger partial charge in [-0.25, -0.2) is 9.97 Å². The highest BCUT2D eigenvalue weighted by atomic mass is 16.5. The van der Waals surface area contributed by atoms with E-state index in [0.29, 0.717) is 0 Å². The van der Waals surface area contributed by atoms with Gasteiger partial charge >= 0.3 is 0 Å². The van der Waals surface area contributed by atoms with Crippen LogP contribution in [0.1, 0.15) is 43.4 Å².